The van der Waals surface area contributed by atoms with Crippen LogP contribution in [0.2, 0.25) is 0 Å². The van der Waals surface area contributed by atoms with E-state index in [9.17, 15) is 0 Å². The maximum atomic E-state index is 3.10. The van der Waals surface area contributed by atoms with E-state index >= 15 is 0 Å². The van der Waals surface area contributed by atoms with E-state index in [4.69, 9.17) is 0 Å². The predicted octanol–water partition coefficient (Wildman–Crippen LogP) is 4.39. The molecule has 1 heterocycles. The van der Waals surface area contributed by atoms with Gasteiger partial charge in [0.25, 0.3) is 0 Å². The van der Waals surface area contributed by atoms with Crippen LogP contribution in [0.4, 0.5) is 0 Å². The number of imidazole rings is 1. The Morgan fingerprint density at radius 1 is 1.00 bits per heavy atom. The summed E-state index contributed by atoms with van der Waals surface area (Å²) >= 11 is 0. The van der Waals surface area contributed by atoms with Crippen LogP contribution in [0, 0.1) is 0 Å². The molecule has 2 nitrogen and oxygen atoms in total. The fraction of sp³-hybridized carbons (Fsp3) is 0.800. The van der Waals surface area contributed by atoms with E-state index < -0.39 is 0 Å². The van der Waals surface area contributed by atoms with Crippen molar-refractivity contribution in [1.29, 1.82) is 0 Å². The van der Waals surface area contributed by atoms with Crippen LogP contribution in [0.25, 0.3) is 0 Å². The molecule has 0 saturated heterocycles. The molecular formula is C15H29N2+. The Bertz CT molecular complexity index is 254. The van der Waals surface area contributed by atoms with Crippen LogP contribution in [-0.4, -0.2) is 4.98 Å². The summed E-state index contributed by atoms with van der Waals surface area (Å²) in [6, 6.07) is 0.640. The van der Waals surface area contributed by atoms with Gasteiger partial charge in [-0.15, -0.1) is 0 Å². The van der Waals surface area contributed by atoms with Gasteiger partial charge in [-0.05, 0) is 19.8 Å². The molecule has 1 atom stereocenters. The Morgan fingerprint density at radius 2 is 1.65 bits per heavy atom. The highest BCUT2D eigenvalue weighted by molar-refractivity contribution is 4.58. The third-order valence-electron chi connectivity index (χ3n) is 3.55. The number of nitrogens with one attached hydrogen (secondary N) is 1. The molecule has 0 aliphatic heterocycles. The first kappa shape index (κ1) is 14.3. The molecule has 1 aromatic rings. The van der Waals surface area contributed by atoms with E-state index in [0.29, 0.717) is 6.04 Å². The summed E-state index contributed by atoms with van der Waals surface area (Å²) < 4.78 is 2.27. The smallest absolute Gasteiger partial charge is 0.241 e. The van der Waals surface area contributed by atoms with Crippen molar-refractivity contribution in [3.8, 4) is 0 Å². The zero-order valence-electron chi connectivity index (χ0n) is 11.6. The number of hydrogen-bond donors (Lipinski definition) is 1. The van der Waals surface area contributed by atoms with Crippen LogP contribution in [-0.2, 0) is 0 Å². The number of unbranched alkanes of at least 4 members (excludes halogenated alkanes) is 7. The lowest BCUT2D eigenvalue weighted by Gasteiger charge is -2.07. The highest BCUT2D eigenvalue weighted by Gasteiger charge is 2.07. The fourth-order valence-electron chi connectivity index (χ4n) is 2.30. The van der Waals surface area contributed by atoms with Crippen LogP contribution in [0.5, 0.6) is 0 Å². The zero-order chi connectivity index (χ0) is 12.3. The number of aromatic nitrogens is 2. The topological polar surface area (TPSA) is 19.7 Å². The molecule has 0 spiro atoms. The van der Waals surface area contributed by atoms with Gasteiger partial charge in [0.2, 0.25) is 6.33 Å². The highest BCUT2D eigenvalue weighted by Crippen LogP contribution is 2.12. The molecule has 17 heavy (non-hydrogen) atoms. The average molecular weight is 237 g/mol. The maximum absolute atomic E-state index is 3.10. The van der Waals surface area contributed by atoms with Crippen LogP contribution in [0.1, 0.15) is 77.7 Å². The van der Waals surface area contributed by atoms with Gasteiger partial charge in [-0.3, -0.25) is 4.98 Å². The van der Waals surface area contributed by atoms with Crippen molar-refractivity contribution < 1.29 is 4.57 Å². The lowest BCUT2D eigenvalue weighted by atomic mass is 10.1. The fourth-order valence-corrected chi connectivity index (χ4v) is 2.30. The Morgan fingerprint density at radius 3 is 2.24 bits per heavy atom. The molecule has 2 heteroatoms. The normalized spacial score (nSPS) is 12.8. The molecule has 0 fully saturated rings. The van der Waals surface area contributed by atoms with Crippen molar-refractivity contribution in [2.24, 2.45) is 0 Å². The Hall–Kier alpha value is -0.790. The Balaban J connectivity index is 1.90. The van der Waals surface area contributed by atoms with E-state index in [1.165, 1.54) is 57.8 Å². The Kier molecular flexibility index (Phi) is 7.78. The van der Waals surface area contributed by atoms with Crippen LogP contribution < -0.4 is 4.57 Å². The lowest BCUT2D eigenvalue weighted by molar-refractivity contribution is -0.719. The summed E-state index contributed by atoms with van der Waals surface area (Å²) in [5.41, 5.74) is 0. The molecule has 1 aromatic heterocycles. The first-order chi connectivity index (χ1) is 8.34. The van der Waals surface area contributed by atoms with Crippen LogP contribution in [0.3, 0.4) is 0 Å². The van der Waals surface area contributed by atoms with Gasteiger partial charge in [0.1, 0.15) is 12.4 Å². The molecule has 1 unspecified atom stereocenters. The van der Waals surface area contributed by atoms with Crippen molar-refractivity contribution in [2.45, 2.75) is 77.7 Å². The van der Waals surface area contributed by atoms with Crippen LogP contribution in [0.15, 0.2) is 18.7 Å². The second-order valence-electron chi connectivity index (χ2n) is 5.17. The van der Waals surface area contributed by atoms with Crippen molar-refractivity contribution in [3.05, 3.63) is 18.7 Å². The summed E-state index contributed by atoms with van der Waals surface area (Å²) in [5, 5.41) is 0. The second kappa shape index (κ2) is 9.26. The molecule has 1 N–H and O–H groups in total. The van der Waals surface area contributed by atoms with Gasteiger partial charge in [-0.2, -0.15) is 0 Å². The summed E-state index contributed by atoms with van der Waals surface area (Å²) in [6.07, 6.45) is 18.7. The quantitative estimate of drug-likeness (QED) is 0.460. The second-order valence-corrected chi connectivity index (χ2v) is 5.17. The monoisotopic (exact) mass is 237 g/mol. The molecule has 0 bridgehead atoms. The van der Waals surface area contributed by atoms with Gasteiger partial charge in [0.15, 0.2) is 0 Å². The molecular weight excluding hydrogens is 208 g/mol. The molecule has 0 saturated carbocycles. The SMILES string of the molecule is CCCCCCCCCCC(C)[n+]1cc[nH]c1. The minimum Gasteiger partial charge on any atom is -0.250 e. The van der Waals surface area contributed by atoms with Gasteiger partial charge in [-0.1, -0.05) is 51.9 Å². The van der Waals surface area contributed by atoms with Gasteiger partial charge in [0.05, 0.1) is 6.04 Å². The summed E-state index contributed by atoms with van der Waals surface area (Å²) in [7, 11) is 0. The van der Waals surface area contributed by atoms with Gasteiger partial charge < -0.3 is 0 Å². The third-order valence-corrected chi connectivity index (χ3v) is 3.55. The van der Waals surface area contributed by atoms with E-state index in [-0.39, 0.29) is 0 Å². The molecule has 0 aliphatic carbocycles. The standard InChI is InChI=1S/C15H28N2/c1-3-4-5-6-7-8-9-10-11-15(2)17-13-12-16-14-17/h12-15H,3-11H2,1-2H3/p+1. The predicted molar refractivity (Wildman–Crippen MR) is 72.9 cm³/mol. The molecule has 1 rings (SSSR count). The van der Waals surface area contributed by atoms with E-state index in [1.807, 2.05) is 6.20 Å². The van der Waals surface area contributed by atoms with E-state index in [2.05, 4.69) is 35.9 Å². The first-order valence-electron chi connectivity index (χ1n) is 7.38. The molecule has 0 radical (unpaired) electrons. The van der Waals surface area contributed by atoms with Crippen molar-refractivity contribution in [1.82, 2.24) is 4.98 Å². The lowest BCUT2D eigenvalue weighted by Crippen LogP contribution is -2.34. The first-order valence-corrected chi connectivity index (χ1v) is 7.38. The number of hydrogen-bond acceptors (Lipinski definition) is 0. The van der Waals surface area contributed by atoms with E-state index in [1.54, 1.807) is 0 Å². The van der Waals surface area contributed by atoms with Crippen LogP contribution >= 0.6 is 0 Å². The van der Waals surface area contributed by atoms with Crippen molar-refractivity contribution in [3.63, 3.8) is 0 Å². The maximum Gasteiger partial charge on any atom is 0.241 e. The molecule has 98 valence electrons. The summed E-state index contributed by atoms with van der Waals surface area (Å²) in [6.45, 7) is 4.58. The van der Waals surface area contributed by atoms with Gasteiger partial charge in [-0.25, -0.2) is 4.57 Å². The minimum absolute atomic E-state index is 0.640. The van der Waals surface area contributed by atoms with E-state index in [0.717, 1.165) is 0 Å². The number of aromatic amines is 1. The molecule has 0 aromatic carbocycles. The summed E-state index contributed by atoms with van der Waals surface area (Å²) in [4.78, 5) is 3.10. The third kappa shape index (κ3) is 6.50. The average Bonchev–Trinajstić information content (AvgIpc) is 2.86. The highest BCUT2D eigenvalue weighted by atomic mass is 15.0. The largest absolute Gasteiger partial charge is 0.250 e. The number of rotatable bonds is 10. The van der Waals surface area contributed by atoms with Crippen molar-refractivity contribution in [2.75, 3.05) is 0 Å². The minimum atomic E-state index is 0.640. The molecule has 0 aliphatic rings. The molecule has 0 amide bonds. The van der Waals surface area contributed by atoms with Gasteiger partial charge in [0, 0.05) is 0 Å². The Labute approximate surface area is 106 Å². The summed E-state index contributed by atoms with van der Waals surface area (Å²) in [5.74, 6) is 0. The number of nitrogens with zero attached hydrogens (tertiary/aromatic N) is 1. The number of H-pyrrole nitrogens is 1. The van der Waals surface area contributed by atoms with Crippen molar-refractivity contribution >= 4 is 0 Å². The van der Waals surface area contributed by atoms with Gasteiger partial charge >= 0.3 is 0 Å². The zero-order valence-corrected chi connectivity index (χ0v) is 11.6.